The molecule has 3 nitrogen and oxygen atoms in total. The summed E-state index contributed by atoms with van der Waals surface area (Å²) in [5.41, 5.74) is 6.87. The van der Waals surface area contributed by atoms with Crippen LogP contribution in [-0.4, -0.2) is 6.09 Å². The molecule has 0 heterocycles. The van der Waals surface area contributed by atoms with Gasteiger partial charge in [0.1, 0.15) is 6.61 Å². The van der Waals surface area contributed by atoms with Crippen LogP contribution in [0.15, 0.2) is 22.7 Å². The van der Waals surface area contributed by atoms with Gasteiger partial charge in [-0.05, 0) is 24.1 Å². The number of primary amides is 1. The number of aryl methyl sites for hydroxylation is 1. The first-order valence-corrected chi connectivity index (χ1v) is 4.56. The second kappa shape index (κ2) is 4.28. The number of carbonyl (C=O) groups excluding carboxylic acids is 1. The number of halogens is 1. The maximum Gasteiger partial charge on any atom is 0.404 e. The number of benzene rings is 1. The quantitative estimate of drug-likeness (QED) is 0.868. The summed E-state index contributed by atoms with van der Waals surface area (Å²) in [5, 5.41) is 0. The van der Waals surface area contributed by atoms with Gasteiger partial charge in [-0.3, -0.25) is 0 Å². The minimum Gasteiger partial charge on any atom is -0.445 e. The lowest BCUT2D eigenvalue weighted by Gasteiger charge is -2.03. The largest absolute Gasteiger partial charge is 0.445 e. The Balaban J connectivity index is 2.68. The molecule has 1 amide bonds. The molecule has 2 N–H and O–H groups in total. The summed E-state index contributed by atoms with van der Waals surface area (Å²) < 4.78 is 5.68. The van der Waals surface area contributed by atoms with Crippen LogP contribution in [0, 0.1) is 6.92 Å². The maximum absolute atomic E-state index is 10.3. The summed E-state index contributed by atoms with van der Waals surface area (Å²) in [5.74, 6) is 0. The van der Waals surface area contributed by atoms with Crippen molar-refractivity contribution in [3.63, 3.8) is 0 Å². The van der Waals surface area contributed by atoms with E-state index in [0.29, 0.717) is 0 Å². The predicted octanol–water partition coefficient (Wildman–Crippen LogP) is 2.35. The Morgan fingerprint density at radius 2 is 2.31 bits per heavy atom. The summed E-state index contributed by atoms with van der Waals surface area (Å²) >= 11 is 3.38. The molecule has 0 aliphatic carbocycles. The molecule has 0 bridgehead atoms. The van der Waals surface area contributed by atoms with Gasteiger partial charge in [-0.2, -0.15) is 0 Å². The average Bonchev–Trinajstić information content (AvgIpc) is 2.07. The molecule has 0 spiro atoms. The molecule has 1 aromatic rings. The van der Waals surface area contributed by atoms with Crippen LogP contribution in [0.3, 0.4) is 0 Å². The van der Waals surface area contributed by atoms with Crippen LogP contribution in [0.2, 0.25) is 0 Å². The Hall–Kier alpha value is -1.03. The molecule has 0 saturated carbocycles. The first kappa shape index (κ1) is 10.1. The first-order chi connectivity index (χ1) is 6.09. The highest BCUT2D eigenvalue weighted by molar-refractivity contribution is 9.10. The van der Waals surface area contributed by atoms with Crippen LogP contribution in [0.4, 0.5) is 4.79 Å². The molecule has 1 aromatic carbocycles. The zero-order valence-corrected chi connectivity index (χ0v) is 8.80. The van der Waals surface area contributed by atoms with E-state index in [0.717, 1.165) is 15.6 Å². The molecule has 0 unspecified atom stereocenters. The number of hydrogen-bond donors (Lipinski definition) is 1. The van der Waals surface area contributed by atoms with E-state index in [9.17, 15) is 4.79 Å². The minimum absolute atomic E-state index is 0.226. The van der Waals surface area contributed by atoms with Crippen LogP contribution in [-0.2, 0) is 11.3 Å². The summed E-state index contributed by atoms with van der Waals surface area (Å²) in [6, 6.07) is 5.72. The molecule has 13 heavy (non-hydrogen) atoms. The number of rotatable bonds is 2. The van der Waals surface area contributed by atoms with Gasteiger partial charge in [-0.25, -0.2) is 4.79 Å². The molecule has 0 aromatic heterocycles. The second-order valence-electron chi connectivity index (χ2n) is 2.69. The van der Waals surface area contributed by atoms with Gasteiger partial charge in [0.25, 0.3) is 0 Å². The topological polar surface area (TPSA) is 52.3 Å². The van der Waals surface area contributed by atoms with Crippen molar-refractivity contribution in [2.45, 2.75) is 13.5 Å². The predicted molar refractivity (Wildman–Crippen MR) is 53.3 cm³/mol. The van der Waals surface area contributed by atoms with Gasteiger partial charge in [0.05, 0.1) is 0 Å². The van der Waals surface area contributed by atoms with Crippen LogP contribution >= 0.6 is 15.9 Å². The SMILES string of the molecule is Cc1cc(COC(N)=O)ccc1Br. The molecule has 0 fully saturated rings. The lowest BCUT2D eigenvalue weighted by Crippen LogP contribution is -2.12. The number of hydrogen-bond acceptors (Lipinski definition) is 2. The van der Waals surface area contributed by atoms with Gasteiger partial charge < -0.3 is 10.5 Å². The third kappa shape index (κ3) is 3.06. The molecular formula is C9H10BrNO2. The van der Waals surface area contributed by atoms with E-state index in [4.69, 9.17) is 5.73 Å². The monoisotopic (exact) mass is 243 g/mol. The Bertz CT molecular complexity index is 325. The average molecular weight is 244 g/mol. The molecular weight excluding hydrogens is 234 g/mol. The Morgan fingerprint density at radius 3 is 2.85 bits per heavy atom. The van der Waals surface area contributed by atoms with E-state index in [-0.39, 0.29) is 6.61 Å². The lowest BCUT2D eigenvalue weighted by atomic mass is 10.1. The van der Waals surface area contributed by atoms with Crippen molar-refractivity contribution in [1.82, 2.24) is 0 Å². The van der Waals surface area contributed by atoms with Crippen LogP contribution in [0.25, 0.3) is 0 Å². The van der Waals surface area contributed by atoms with Gasteiger partial charge in [0.2, 0.25) is 0 Å². The molecule has 4 heteroatoms. The molecule has 0 aliphatic heterocycles. The van der Waals surface area contributed by atoms with E-state index >= 15 is 0 Å². The molecule has 0 saturated heterocycles. The second-order valence-corrected chi connectivity index (χ2v) is 3.55. The fourth-order valence-corrected chi connectivity index (χ4v) is 1.20. The summed E-state index contributed by atoms with van der Waals surface area (Å²) in [4.78, 5) is 10.3. The third-order valence-electron chi connectivity index (χ3n) is 1.60. The molecule has 0 atom stereocenters. The number of carbonyl (C=O) groups is 1. The standard InChI is InChI=1S/C9H10BrNO2/c1-6-4-7(2-3-8(6)10)5-13-9(11)12/h2-4H,5H2,1H3,(H2,11,12). The van der Waals surface area contributed by atoms with Gasteiger partial charge >= 0.3 is 6.09 Å². The van der Waals surface area contributed by atoms with Gasteiger partial charge in [-0.1, -0.05) is 28.1 Å². The van der Waals surface area contributed by atoms with Crippen molar-refractivity contribution in [1.29, 1.82) is 0 Å². The van der Waals surface area contributed by atoms with E-state index in [1.165, 1.54) is 0 Å². The smallest absolute Gasteiger partial charge is 0.404 e. The third-order valence-corrected chi connectivity index (χ3v) is 2.49. The van der Waals surface area contributed by atoms with Gasteiger partial charge in [-0.15, -0.1) is 0 Å². The van der Waals surface area contributed by atoms with Crippen LogP contribution in [0.5, 0.6) is 0 Å². The van der Waals surface area contributed by atoms with E-state index in [1.54, 1.807) is 0 Å². The van der Waals surface area contributed by atoms with Crippen molar-refractivity contribution in [2.24, 2.45) is 5.73 Å². The highest BCUT2D eigenvalue weighted by Crippen LogP contribution is 2.17. The minimum atomic E-state index is -0.749. The summed E-state index contributed by atoms with van der Waals surface area (Å²) in [7, 11) is 0. The lowest BCUT2D eigenvalue weighted by molar-refractivity contribution is 0.150. The van der Waals surface area contributed by atoms with Gasteiger partial charge in [0, 0.05) is 4.47 Å². The van der Waals surface area contributed by atoms with Crippen molar-refractivity contribution >= 4 is 22.0 Å². The number of nitrogens with two attached hydrogens (primary N) is 1. The molecule has 0 radical (unpaired) electrons. The van der Waals surface area contributed by atoms with E-state index < -0.39 is 6.09 Å². The Labute approximate surface area is 85.0 Å². The molecule has 1 rings (SSSR count). The molecule has 0 aliphatic rings. The van der Waals surface area contributed by atoms with Crippen molar-refractivity contribution in [3.8, 4) is 0 Å². The Kier molecular flexibility index (Phi) is 3.31. The first-order valence-electron chi connectivity index (χ1n) is 3.77. The maximum atomic E-state index is 10.3. The zero-order valence-electron chi connectivity index (χ0n) is 7.21. The van der Waals surface area contributed by atoms with Crippen molar-refractivity contribution < 1.29 is 9.53 Å². The van der Waals surface area contributed by atoms with Crippen LogP contribution < -0.4 is 5.73 Å². The highest BCUT2D eigenvalue weighted by Gasteiger charge is 1.99. The van der Waals surface area contributed by atoms with E-state index in [2.05, 4.69) is 20.7 Å². The zero-order chi connectivity index (χ0) is 9.84. The summed E-state index contributed by atoms with van der Waals surface area (Å²) in [6.45, 7) is 2.20. The number of amides is 1. The highest BCUT2D eigenvalue weighted by atomic mass is 79.9. The Morgan fingerprint density at radius 1 is 1.62 bits per heavy atom. The fourth-order valence-electron chi connectivity index (χ4n) is 0.951. The van der Waals surface area contributed by atoms with Crippen LogP contribution in [0.1, 0.15) is 11.1 Å². The van der Waals surface area contributed by atoms with E-state index in [1.807, 2.05) is 25.1 Å². The fraction of sp³-hybridized carbons (Fsp3) is 0.222. The van der Waals surface area contributed by atoms with Gasteiger partial charge in [0.15, 0.2) is 0 Å². The van der Waals surface area contributed by atoms with Crippen molar-refractivity contribution in [2.75, 3.05) is 0 Å². The summed E-state index contributed by atoms with van der Waals surface area (Å²) in [6.07, 6.45) is -0.749. The normalized spacial score (nSPS) is 9.69. The number of ether oxygens (including phenoxy) is 1. The molecule has 70 valence electrons. The van der Waals surface area contributed by atoms with Crippen molar-refractivity contribution in [3.05, 3.63) is 33.8 Å².